The monoisotopic (exact) mass is 393 g/mol. The van der Waals surface area contributed by atoms with Crippen LogP contribution in [0, 0.1) is 5.92 Å². The average Bonchev–Trinajstić information content (AvgIpc) is 3.31. The lowest BCUT2D eigenvalue weighted by atomic mass is 9.87. The molecule has 8 heteroatoms. The molecule has 0 aliphatic carbocycles. The number of carbonyl (C=O) groups is 3. The summed E-state index contributed by atoms with van der Waals surface area (Å²) in [5, 5.41) is 10.7. The maximum atomic E-state index is 12.5. The van der Waals surface area contributed by atoms with Crippen LogP contribution in [0.15, 0.2) is 23.3 Å². The van der Waals surface area contributed by atoms with Crippen LogP contribution in [0.3, 0.4) is 0 Å². The highest BCUT2D eigenvalue weighted by molar-refractivity contribution is 5.91. The molecule has 0 aromatic carbocycles. The van der Waals surface area contributed by atoms with E-state index in [-0.39, 0.29) is 24.7 Å². The van der Waals surface area contributed by atoms with Crippen LogP contribution in [0.5, 0.6) is 0 Å². The van der Waals surface area contributed by atoms with Crippen molar-refractivity contribution in [1.29, 1.82) is 0 Å². The summed E-state index contributed by atoms with van der Waals surface area (Å²) in [4.78, 5) is 38.5. The van der Waals surface area contributed by atoms with Gasteiger partial charge >= 0.3 is 17.9 Å². The van der Waals surface area contributed by atoms with Gasteiger partial charge in [-0.3, -0.25) is 9.69 Å². The molecule has 2 fully saturated rings. The van der Waals surface area contributed by atoms with E-state index in [0.717, 1.165) is 12.1 Å². The maximum Gasteiger partial charge on any atom is 0.343 e. The minimum Gasteiger partial charge on any atom is -0.459 e. The topological polar surface area (TPSA) is 102 Å². The first-order chi connectivity index (χ1) is 13.2. The second kappa shape index (κ2) is 7.67. The molecule has 3 heterocycles. The van der Waals surface area contributed by atoms with Crippen LogP contribution in [0.4, 0.5) is 0 Å². The minimum atomic E-state index is -2.00. The van der Waals surface area contributed by atoms with Crippen LogP contribution < -0.4 is 0 Å². The molecular formula is C20H27NO7. The Balaban J connectivity index is 1.64. The number of carbonyl (C=O) groups excluding carboxylic acids is 3. The van der Waals surface area contributed by atoms with Gasteiger partial charge in [0.25, 0.3) is 0 Å². The van der Waals surface area contributed by atoms with Crippen LogP contribution >= 0.6 is 0 Å². The summed E-state index contributed by atoms with van der Waals surface area (Å²) < 4.78 is 16.0. The zero-order valence-electron chi connectivity index (χ0n) is 16.6. The number of hydrogen-bond acceptors (Lipinski definition) is 8. The molecule has 0 aromatic heterocycles. The summed E-state index contributed by atoms with van der Waals surface area (Å²) in [6, 6.07) is -0.146. The van der Waals surface area contributed by atoms with E-state index in [1.165, 1.54) is 13.8 Å². The smallest absolute Gasteiger partial charge is 0.343 e. The van der Waals surface area contributed by atoms with Gasteiger partial charge in [0, 0.05) is 18.7 Å². The van der Waals surface area contributed by atoms with Gasteiger partial charge in [0.15, 0.2) is 0 Å². The Morgan fingerprint density at radius 2 is 2.14 bits per heavy atom. The van der Waals surface area contributed by atoms with E-state index in [1.807, 2.05) is 6.08 Å². The predicted molar refractivity (Wildman–Crippen MR) is 98.0 cm³/mol. The van der Waals surface area contributed by atoms with Crippen molar-refractivity contribution in [1.82, 2.24) is 4.90 Å². The second-order valence-electron chi connectivity index (χ2n) is 7.63. The lowest BCUT2D eigenvalue weighted by Crippen LogP contribution is -2.50. The predicted octanol–water partition coefficient (Wildman–Crippen LogP) is 0.734. The summed E-state index contributed by atoms with van der Waals surface area (Å²) in [6.45, 7) is 7.83. The Bertz CT molecular complexity index is 743. The molecule has 0 saturated carbocycles. The van der Waals surface area contributed by atoms with Gasteiger partial charge in [-0.15, -0.1) is 0 Å². The van der Waals surface area contributed by atoms with Crippen LogP contribution in [0.1, 0.15) is 34.1 Å². The standard InChI is InChI=1S/C20H27NO7/c1-5-11(2)17(22)28-15-7-9-21-8-6-14(16(15)21)10-26-19(24)20(25)12(3)18(23)27-13(20)4/h5-6,12-13,15-16,25H,7-10H2,1-4H3/b11-5-/t12-,13-,15+,16?,20+/m0/s1. The third-order valence-corrected chi connectivity index (χ3v) is 6.05. The molecule has 154 valence electrons. The molecule has 0 aromatic rings. The Labute approximate surface area is 164 Å². The quantitative estimate of drug-likeness (QED) is 0.316. The second-order valence-corrected chi connectivity index (χ2v) is 7.63. The summed E-state index contributed by atoms with van der Waals surface area (Å²) >= 11 is 0. The molecule has 0 radical (unpaired) electrons. The fourth-order valence-corrected chi connectivity index (χ4v) is 3.98. The Morgan fingerprint density at radius 1 is 1.43 bits per heavy atom. The third-order valence-electron chi connectivity index (χ3n) is 6.05. The SMILES string of the molecule is C/C=C(/C)C(=O)O[C@@H]1CCN2CC=C(COC(=O)[C@]3(O)[C@H](C)OC(=O)[C@@H]3C)C12. The van der Waals surface area contributed by atoms with E-state index in [2.05, 4.69) is 4.90 Å². The number of fused-ring (bicyclic) bond motifs is 1. The number of ether oxygens (including phenoxy) is 3. The number of aliphatic hydroxyl groups is 1. The third kappa shape index (κ3) is 3.35. The van der Waals surface area contributed by atoms with Crippen LogP contribution in [0.25, 0.3) is 0 Å². The first-order valence-electron chi connectivity index (χ1n) is 9.57. The molecule has 0 amide bonds. The Kier molecular flexibility index (Phi) is 5.63. The summed E-state index contributed by atoms with van der Waals surface area (Å²) in [6.07, 6.45) is 3.08. The summed E-state index contributed by atoms with van der Waals surface area (Å²) in [5.74, 6) is -2.85. The molecule has 28 heavy (non-hydrogen) atoms. The van der Waals surface area contributed by atoms with Gasteiger partial charge in [-0.2, -0.15) is 0 Å². The fraction of sp³-hybridized carbons (Fsp3) is 0.650. The van der Waals surface area contributed by atoms with Gasteiger partial charge in [-0.25, -0.2) is 9.59 Å². The molecule has 2 saturated heterocycles. The van der Waals surface area contributed by atoms with Crippen molar-refractivity contribution in [3.63, 3.8) is 0 Å². The number of allylic oxidation sites excluding steroid dienone is 1. The minimum absolute atomic E-state index is 0.0351. The first-order valence-corrected chi connectivity index (χ1v) is 9.57. The molecule has 8 nitrogen and oxygen atoms in total. The molecule has 1 unspecified atom stereocenters. The number of nitrogens with zero attached hydrogens (tertiary/aromatic N) is 1. The molecular weight excluding hydrogens is 366 g/mol. The largest absolute Gasteiger partial charge is 0.459 e. The number of rotatable bonds is 5. The molecule has 3 aliphatic rings. The zero-order valence-corrected chi connectivity index (χ0v) is 16.6. The fourth-order valence-electron chi connectivity index (χ4n) is 3.98. The molecule has 0 spiro atoms. The lowest BCUT2D eigenvalue weighted by Gasteiger charge is -2.27. The van der Waals surface area contributed by atoms with Crippen molar-refractivity contribution >= 4 is 17.9 Å². The van der Waals surface area contributed by atoms with Gasteiger partial charge < -0.3 is 19.3 Å². The first kappa shape index (κ1) is 20.5. The molecule has 5 atom stereocenters. The number of cyclic esters (lactones) is 1. The van der Waals surface area contributed by atoms with Crippen LogP contribution in [-0.4, -0.2) is 71.5 Å². The summed E-state index contributed by atoms with van der Waals surface area (Å²) in [7, 11) is 0. The van der Waals surface area contributed by atoms with Crippen molar-refractivity contribution in [3.8, 4) is 0 Å². The van der Waals surface area contributed by atoms with E-state index in [4.69, 9.17) is 14.2 Å². The number of esters is 3. The van der Waals surface area contributed by atoms with Crippen molar-refractivity contribution in [2.45, 2.75) is 58.0 Å². The highest BCUT2D eigenvalue weighted by Crippen LogP contribution is 2.35. The van der Waals surface area contributed by atoms with Gasteiger partial charge in [0.05, 0.1) is 12.0 Å². The average molecular weight is 393 g/mol. The van der Waals surface area contributed by atoms with Crippen molar-refractivity contribution in [2.24, 2.45) is 5.92 Å². The maximum absolute atomic E-state index is 12.5. The molecule has 0 bridgehead atoms. The Hall–Kier alpha value is -2.19. The Morgan fingerprint density at radius 3 is 2.75 bits per heavy atom. The van der Waals surface area contributed by atoms with E-state index < -0.39 is 29.6 Å². The van der Waals surface area contributed by atoms with Crippen molar-refractivity contribution in [3.05, 3.63) is 23.3 Å². The molecule has 3 aliphatic heterocycles. The van der Waals surface area contributed by atoms with E-state index in [9.17, 15) is 19.5 Å². The molecule has 3 rings (SSSR count). The lowest BCUT2D eigenvalue weighted by molar-refractivity contribution is -0.173. The van der Waals surface area contributed by atoms with E-state index in [1.54, 1.807) is 19.9 Å². The zero-order chi connectivity index (χ0) is 20.6. The van der Waals surface area contributed by atoms with Crippen LogP contribution in [0.2, 0.25) is 0 Å². The van der Waals surface area contributed by atoms with E-state index in [0.29, 0.717) is 18.5 Å². The highest BCUT2D eigenvalue weighted by Gasteiger charge is 2.59. The summed E-state index contributed by atoms with van der Waals surface area (Å²) in [5.41, 5.74) is -0.624. The van der Waals surface area contributed by atoms with Gasteiger partial charge in [0.2, 0.25) is 5.60 Å². The number of hydrogen-bond donors (Lipinski definition) is 1. The molecule has 1 N–H and O–H groups in total. The van der Waals surface area contributed by atoms with Crippen LogP contribution in [-0.2, 0) is 28.6 Å². The van der Waals surface area contributed by atoms with Crippen molar-refractivity contribution in [2.75, 3.05) is 19.7 Å². The van der Waals surface area contributed by atoms with Crippen molar-refractivity contribution < 1.29 is 33.7 Å². The van der Waals surface area contributed by atoms with Gasteiger partial charge in [-0.05, 0) is 39.7 Å². The van der Waals surface area contributed by atoms with E-state index >= 15 is 0 Å². The van der Waals surface area contributed by atoms with Gasteiger partial charge in [-0.1, -0.05) is 12.2 Å². The highest BCUT2D eigenvalue weighted by atomic mass is 16.6. The normalized spacial score (nSPS) is 35.4. The van der Waals surface area contributed by atoms with Gasteiger partial charge in [0.1, 0.15) is 18.8 Å².